The Morgan fingerprint density at radius 3 is 2.50 bits per heavy atom. The van der Waals surface area contributed by atoms with Crippen LogP contribution in [0.2, 0.25) is 0 Å². The summed E-state index contributed by atoms with van der Waals surface area (Å²) in [4.78, 5) is 33.4. The normalized spacial score (nSPS) is 35.4. The summed E-state index contributed by atoms with van der Waals surface area (Å²) < 4.78 is 6.50. The number of fused-ring (bicyclic) bond motifs is 3. The summed E-state index contributed by atoms with van der Waals surface area (Å²) in [6.45, 7) is 10.2. The monoisotopic (exact) mass is 463 g/mol. The van der Waals surface area contributed by atoms with Crippen LogP contribution in [0.1, 0.15) is 46.0 Å². The van der Waals surface area contributed by atoms with E-state index in [2.05, 4.69) is 54.0 Å². The third kappa shape index (κ3) is 3.36. The predicted octanol–water partition coefficient (Wildman–Crippen LogP) is 3.48. The second-order valence-corrected chi connectivity index (χ2v) is 11.1. The molecule has 0 radical (unpaired) electrons. The van der Waals surface area contributed by atoms with E-state index in [9.17, 15) is 9.59 Å². The van der Waals surface area contributed by atoms with Crippen molar-refractivity contribution >= 4 is 17.5 Å². The molecule has 0 aromatic heterocycles. The molecule has 0 N–H and O–H groups in total. The van der Waals surface area contributed by atoms with Gasteiger partial charge in [0.15, 0.2) is 0 Å². The first-order valence-corrected chi connectivity index (χ1v) is 13.2. The van der Waals surface area contributed by atoms with Crippen molar-refractivity contribution in [2.75, 3.05) is 44.2 Å². The van der Waals surface area contributed by atoms with Gasteiger partial charge >= 0.3 is 0 Å². The SMILES string of the molecule is CC1=C2CCC(C)CC23OC1C1C(=O)N(CCCCN2CCN(c4ccccc4)CC2)C(=O)C13. The zero-order valence-electron chi connectivity index (χ0n) is 20.5. The molecule has 4 aliphatic heterocycles. The number of benzene rings is 1. The molecule has 6 nitrogen and oxygen atoms in total. The fourth-order valence-corrected chi connectivity index (χ4v) is 7.45. The van der Waals surface area contributed by atoms with Crippen molar-refractivity contribution < 1.29 is 14.3 Å². The third-order valence-electron chi connectivity index (χ3n) is 9.16. The molecular weight excluding hydrogens is 426 g/mol. The molecule has 2 bridgehead atoms. The largest absolute Gasteiger partial charge is 0.369 e. The molecule has 4 fully saturated rings. The molecule has 2 amide bonds. The van der Waals surface area contributed by atoms with Crippen molar-refractivity contribution in [1.29, 1.82) is 0 Å². The molecule has 1 spiro atoms. The Bertz CT molecular complexity index is 999. The van der Waals surface area contributed by atoms with E-state index in [1.807, 2.05) is 0 Å². The summed E-state index contributed by atoms with van der Waals surface area (Å²) in [6, 6.07) is 10.6. The zero-order chi connectivity index (χ0) is 23.4. The van der Waals surface area contributed by atoms with Crippen LogP contribution in [-0.2, 0) is 14.3 Å². The number of imide groups is 1. The number of ether oxygens (including phenoxy) is 1. The number of rotatable bonds is 6. The molecule has 6 heteroatoms. The number of unbranched alkanes of at least 4 members (excludes halogenated alkanes) is 1. The molecule has 5 aliphatic rings. The van der Waals surface area contributed by atoms with Crippen LogP contribution in [-0.4, -0.2) is 72.6 Å². The van der Waals surface area contributed by atoms with Crippen LogP contribution in [0.5, 0.6) is 0 Å². The lowest BCUT2D eigenvalue weighted by atomic mass is 9.62. The molecule has 5 unspecified atom stereocenters. The van der Waals surface area contributed by atoms with Crippen molar-refractivity contribution in [3.8, 4) is 0 Å². The van der Waals surface area contributed by atoms with Crippen LogP contribution < -0.4 is 4.90 Å². The van der Waals surface area contributed by atoms with Gasteiger partial charge in [0.25, 0.3) is 0 Å². The number of hydrogen-bond donors (Lipinski definition) is 0. The first kappa shape index (κ1) is 22.3. The molecule has 6 rings (SSSR count). The van der Waals surface area contributed by atoms with E-state index in [0.29, 0.717) is 12.5 Å². The van der Waals surface area contributed by atoms with E-state index in [0.717, 1.165) is 64.8 Å². The second-order valence-electron chi connectivity index (χ2n) is 11.1. The smallest absolute Gasteiger partial charge is 0.236 e. The van der Waals surface area contributed by atoms with E-state index >= 15 is 0 Å². The maximum atomic E-state index is 13.5. The van der Waals surface area contributed by atoms with Gasteiger partial charge in [-0.05, 0) is 74.8 Å². The quantitative estimate of drug-likeness (QED) is 0.367. The van der Waals surface area contributed by atoms with Crippen molar-refractivity contribution in [1.82, 2.24) is 9.80 Å². The van der Waals surface area contributed by atoms with Crippen LogP contribution in [0.25, 0.3) is 0 Å². The summed E-state index contributed by atoms with van der Waals surface area (Å²) >= 11 is 0. The number of anilines is 1. The molecule has 4 heterocycles. The van der Waals surface area contributed by atoms with Crippen molar-refractivity contribution in [2.24, 2.45) is 17.8 Å². The average molecular weight is 464 g/mol. The first-order valence-electron chi connectivity index (χ1n) is 13.2. The number of carbonyl (C=O) groups is 2. The molecule has 1 aromatic rings. The Balaban J connectivity index is 1.02. The van der Waals surface area contributed by atoms with Gasteiger partial charge in [0.05, 0.1) is 17.9 Å². The molecular formula is C28H37N3O3. The standard InChI is InChI=1S/C28H37N3O3/c1-19-10-11-22-20(2)25-23-24(28(22,18-19)34-25)27(33)31(26(23)32)13-7-6-12-29-14-16-30(17-15-29)21-8-4-3-5-9-21/h3-5,8-9,19,23-25H,6-7,10-18H2,1-2H3. The highest BCUT2D eigenvalue weighted by Crippen LogP contribution is 2.62. The van der Waals surface area contributed by atoms with Gasteiger partial charge in [-0.1, -0.05) is 25.1 Å². The Morgan fingerprint density at radius 1 is 1.00 bits per heavy atom. The number of carbonyl (C=O) groups excluding carboxylic acids is 2. The highest BCUT2D eigenvalue weighted by molar-refractivity contribution is 6.07. The van der Waals surface area contributed by atoms with Gasteiger partial charge in [0.1, 0.15) is 5.60 Å². The van der Waals surface area contributed by atoms with E-state index in [1.54, 1.807) is 4.90 Å². The van der Waals surface area contributed by atoms with Gasteiger partial charge in [-0.15, -0.1) is 0 Å². The predicted molar refractivity (Wildman–Crippen MR) is 131 cm³/mol. The van der Waals surface area contributed by atoms with Gasteiger partial charge in [0, 0.05) is 38.4 Å². The summed E-state index contributed by atoms with van der Waals surface area (Å²) in [5.74, 6) is 0.0246. The highest BCUT2D eigenvalue weighted by atomic mass is 16.5. The minimum absolute atomic E-state index is 0.0185. The van der Waals surface area contributed by atoms with Crippen LogP contribution in [0.3, 0.4) is 0 Å². The number of para-hydroxylation sites is 1. The average Bonchev–Trinajstić information content (AvgIpc) is 3.42. The fourth-order valence-electron chi connectivity index (χ4n) is 7.45. The van der Waals surface area contributed by atoms with Crippen molar-refractivity contribution in [3.63, 3.8) is 0 Å². The van der Waals surface area contributed by atoms with Gasteiger partial charge in [-0.2, -0.15) is 0 Å². The minimum Gasteiger partial charge on any atom is -0.369 e. The Kier molecular flexibility index (Phi) is 5.57. The van der Waals surface area contributed by atoms with E-state index in [1.165, 1.54) is 16.8 Å². The second kappa shape index (κ2) is 8.49. The summed E-state index contributed by atoms with van der Waals surface area (Å²) in [5.41, 5.74) is 3.40. The van der Waals surface area contributed by atoms with E-state index in [-0.39, 0.29) is 29.8 Å². The summed E-state index contributed by atoms with van der Waals surface area (Å²) in [6.07, 6.45) is 4.79. The molecule has 1 saturated carbocycles. The Hall–Kier alpha value is -2.18. The lowest BCUT2D eigenvalue weighted by molar-refractivity contribution is -0.145. The number of likely N-dealkylation sites (tertiary alicyclic amines) is 1. The highest BCUT2D eigenvalue weighted by Gasteiger charge is 2.71. The number of hydrogen-bond acceptors (Lipinski definition) is 5. The van der Waals surface area contributed by atoms with Gasteiger partial charge in [-0.25, -0.2) is 0 Å². The molecule has 5 atom stereocenters. The third-order valence-corrected chi connectivity index (χ3v) is 9.16. The molecule has 3 saturated heterocycles. The molecule has 182 valence electrons. The lowest BCUT2D eigenvalue weighted by Gasteiger charge is -2.40. The summed E-state index contributed by atoms with van der Waals surface area (Å²) in [5, 5.41) is 0. The minimum atomic E-state index is -0.489. The van der Waals surface area contributed by atoms with Gasteiger partial charge < -0.3 is 9.64 Å². The van der Waals surface area contributed by atoms with E-state index < -0.39 is 5.60 Å². The van der Waals surface area contributed by atoms with Crippen molar-refractivity contribution in [3.05, 3.63) is 41.5 Å². The number of piperazine rings is 1. The topological polar surface area (TPSA) is 53.1 Å². The Morgan fingerprint density at radius 2 is 1.74 bits per heavy atom. The molecule has 34 heavy (non-hydrogen) atoms. The maximum absolute atomic E-state index is 13.5. The molecule has 1 aromatic carbocycles. The van der Waals surface area contributed by atoms with Crippen molar-refractivity contribution in [2.45, 2.75) is 57.7 Å². The van der Waals surface area contributed by atoms with Crippen LogP contribution in [0, 0.1) is 17.8 Å². The number of nitrogens with zero attached hydrogens (tertiary/aromatic N) is 3. The van der Waals surface area contributed by atoms with Gasteiger partial charge in [-0.3, -0.25) is 19.4 Å². The fraction of sp³-hybridized carbons (Fsp3) is 0.643. The first-order chi connectivity index (χ1) is 16.5. The van der Waals surface area contributed by atoms with Crippen LogP contribution in [0.4, 0.5) is 5.69 Å². The Labute approximate surface area is 202 Å². The maximum Gasteiger partial charge on any atom is 0.236 e. The van der Waals surface area contributed by atoms with Crippen LogP contribution in [0.15, 0.2) is 41.5 Å². The van der Waals surface area contributed by atoms with Gasteiger partial charge in [0.2, 0.25) is 11.8 Å². The van der Waals surface area contributed by atoms with E-state index in [4.69, 9.17) is 4.74 Å². The summed E-state index contributed by atoms with van der Waals surface area (Å²) in [7, 11) is 0. The zero-order valence-corrected chi connectivity index (χ0v) is 20.5. The van der Waals surface area contributed by atoms with Crippen LogP contribution >= 0.6 is 0 Å². The number of amides is 2. The lowest BCUT2D eigenvalue weighted by Crippen LogP contribution is -2.47. The molecule has 1 aliphatic carbocycles.